The Morgan fingerprint density at radius 3 is 2.30 bits per heavy atom. The number of hydrogen-bond acceptors (Lipinski definition) is 3. The first-order valence-electron chi connectivity index (χ1n) is 10.6. The van der Waals surface area contributed by atoms with Crippen molar-refractivity contribution in [3.05, 3.63) is 128 Å². The second-order valence-electron chi connectivity index (χ2n) is 8.01. The molecule has 164 valence electrons. The van der Waals surface area contributed by atoms with Crippen LogP contribution in [0.25, 0.3) is 16.9 Å². The fourth-order valence-corrected chi connectivity index (χ4v) is 4.13. The quantitative estimate of drug-likeness (QED) is 0.393. The van der Waals surface area contributed by atoms with Crippen molar-refractivity contribution in [2.45, 2.75) is 20.0 Å². The lowest BCUT2D eigenvalue weighted by Gasteiger charge is -2.13. The minimum atomic E-state index is -0.458. The van der Waals surface area contributed by atoms with Crippen molar-refractivity contribution in [1.82, 2.24) is 18.7 Å². The van der Waals surface area contributed by atoms with Crippen molar-refractivity contribution in [1.29, 1.82) is 0 Å². The molecule has 33 heavy (non-hydrogen) atoms. The Hall–Kier alpha value is -3.90. The van der Waals surface area contributed by atoms with Crippen molar-refractivity contribution in [3.63, 3.8) is 0 Å². The van der Waals surface area contributed by atoms with Gasteiger partial charge in [0.2, 0.25) is 0 Å². The van der Waals surface area contributed by atoms with Gasteiger partial charge in [-0.1, -0.05) is 77.8 Å². The number of benzene rings is 3. The molecule has 0 unspecified atom stereocenters. The molecule has 5 rings (SSSR count). The molecule has 3 aromatic carbocycles. The first-order valence-corrected chi connectivity index (χ1v) is 10.9. The summed E-state index contributed by atoms with van der Waals surface area (Å²) in [4.78, 5) is 31.7. The van der Waals surface area contributed by atoms with Gasteiger partial charge in [-0.15, -0.1) is 0 Å². The van der Waals surface area contributed by atoms with Crippen molar-refractivity contribution in [2.24, 2.45) is 0 Å². The molecule has 0 saturated carbocycles. The minimum Gasteiger partial charge on any atom is -0.320 e. The van der Waals surface area contributed by atoms with E-state index in [1.807, 2.05) is 61.5 Å². The van der Waals surface area contributed by atoms with Crippen LogP contribution in [0.1, 0.15) is 16.7 Å². The third kappa shape index (κ3) is 4.01. The Morgan fingerprint density at radius 1 is 0.848 bits per heavy atom. The van der Waals surface area contributed by atoms with Gasteiger partial charge < -0.3 is 4.57 Å². The lowest BCUT2D eigenvalue weighted by atomic mass is 10.1. The molecular weight excluding hydrogens is 436 g/mol. The Kier molecular flexibility index (Phi) is 5.44. The van der Waals surface area contributed by atoms with Crippen LogP contribution in [0.5, 0.6) is 0 Å². The maximum absolute atomic E-state index is 13.6. The number of nitrogens with zero attached hydrogens (tertiary/aromatic N) is 4. The van der Waals surface area contributed by atoms with Gasteiger partial charge in [0.15, 0.2) is 11.2 Å². The number of fused-ring (bicyclic) bond motifs is 1. The monoisotopic (exact) mass is 456 g/mol. The van der Waals surface area contributed by atoms with Crippen LogP contribution >= 0.6 is 11.6 Å². The summed E-state index contributed by atoms with van der Waals surface area (Å²) in [5, 5.41) is 0.493. The average molecular weight is 457 g/mol. The fourth-order valence-electron chi connectivity index (χ4n) is 3.94. The Labute approximate surface area is 195 Å². The maximum Gasteiger partial charge on any atom is 0.337 e. The molecule has 0 fully saturated rings. The summed E-state index contributed by atoms with van der Waals surface area (Å²) in [6.45, 7) is 2.62. The molecule has 0 radical (unpaired) electrons. The summed E-state index contributed by atoms with van der Waals surface area (Å²) in [5.74, 6) is 0. The van der Waals surface area contributed by atoms with Gasteiger partial charge in [0.1, 0.15) is 0 Å². The highest BCUT2D eigenvalue weighted by atomic mass is 35.5. The fraction of sp³-hybridized carbons (Fsp3) is 0.115. The second kappa shape index (κ2) is 8.56. The molecule has 0 spiro atoms. The van der Waals surface area contributed by atoms with E-state index in [0.717, 1.165) is 16.7 Å². The molecule has 0 N–H and O–H groups in total. The predicted molar refractivity (Wildman–Crippen MR) is 130 cm³/mol. The van der Waals surface area contributed by atoms with Crippen LogP contribution < -0.4 is 11.2 Å². The molecule has 0 atom stereocenters. The van der Waals surface area contributed by atoms with Crippen molar-refractivity contribution in [2.75, 3.05) is 0 Å². The van der Waals surface area contributed by atoms with Crippen LogP contribution in [0.15, 0.2) is 94.8 Å². The van der Waals surface area contributed by atoms with Gasteiger partial charge in [0.25, 0.3) is 5.56 Å². The third-order valence-corrected chi connectivity index (χ3v) is 5.86. The van der Waals surface area contributed by atoms with Gasteiger partial charge in [-0.2, -0.15) is 0 Å². The van der Waals surface area contributed by atoms with Crippen molar-refractivity contribution < 1.29 is 0 Å². The zero-order valence-corrected chi connectivity index (χ0v) is 18.7. The highest BCUT2D eigenvalue weighted by Gasteiger charge is 2.19. The standard InChI is InChI=1S/C26H21ClN4O2/c1-18-10-12-20(13-11-18)16-30-25(32)23-24(28-17-29(23)15-19-6-3-2-4-7-19)31(26(30)33)22-9-5-8-21(27)14-22/h2-14,17H,15-16H2,1H3. The lowest BCUT2D eigenvalue weighted by Crippen LogP contribution is -2.40. The Bertz CT molecular complexity index is 1560. The Balaban J connectivity index is 1.76. The van der Waals surface area contributed by atoms with E-state index in [2.05, 4.69) is 4.98 Å². The summed E-state index contributed by atoms with van der Waals surface area (Å²) in [7, 11) is 0. The highest BCUT2D eigenvalue weighted by molar-refractivity contribution is 6.30. The number of aryl methyl sites for hydroxylation is 1. The second-order valence-corrected chi connectivity index (χ2v) is 8.44. The summed E-state index contributed by atoms with van der Waals surface area (Å²) < 4.78 is 4.51. The van der Waals surface area contributed by atoms with Crippen LogP contribution in [-0.4, -0.2) is 18.7 Å². The van der Waals surface area contributed by atoms with Gasteiger partial charge in [0.05, 0.1) is 18.6 Å². The zero-order chi connectivity index (χ0) is 22.9. The molecule has 0 bridgehead atoms. The topological polar surface area (TPSA) is 61.8 Å². The molecule has 5 aromatic rings. The van der Waals surface area contributed by atoms with Crippen LogP contribution in [0.3, 0.4) is 0 Å². The molecule has 0 aliphatic rings. The molecule has 0 amide bonds. The van der Waals surface area contributed by atoms with E-state index in [4.69, 9.17) is 11.6 Å². The van der Waals surface area contributed by atoms with E-state index in [1.54, 1.807) is 35.2 Å². The normalized spacial score (nSPS) is 11.2. The largest absolute Gasteiger partial charge is 0.337 e. The van der Waals surface area contributed by atoms with Gasteiger partial charge in [0, 0.05) is 11.6 Å². The third-order valence-electron chi connectivity index (χ3n) is 5.62. The smallest absolute Gasteiger partial charge is 0.320 e. The summed E-state index contributed by atoms with van der Waals surface area (Å²) in [6.07, 6.45) is 1.61. The summed E-state index contributed by atoms with van der Waals surface area (Å²) >= 11 is 6.22. The lowest BCUT2D eigenvalue weighted by molar-refractivity contribution is 0.677. The first kappa shape index (κ1) is 21.0. The molecule has 6 nitrogen and oxygen atoms in total. The van der Waals surface area contributed by atoms with Gasteiger partial charge in [-0.05, 0) is 36.2 Å². The van der Waals surface area contributed by atoms with Crippen LogP contribution in [-0.2, 0) is 13.1 Å². The van der Waals surface area contributed by atoms with E-state index in [-0.39, 0.29) is 12.1 Å². The van der Waals surface area contributed by atoms with Gasteiger partial charge in [-0.25, -0.2) is 14.3 Å². The predicted octanol–water partition coefficient (Wildman–Crippen LogP) is 4.41. The zero-order valence-electron chi connectivity index (χ0n) is 18.0. The minimum absolute atomic E-state index is 0.158. The number of rotatable bonds is 5. The Morgan fingerprint density at radius 2 is 1.58 bits per heavy atom. The number of imidazole rings is 1. The van der Waals surface area contributed by atoms with Crippen LogP contribution in [0, 0.1) is 6.92 Å². The number of halogens is 1. The number of hydrogen-bond donors (Lipinski definition) is 0. The number of aromatic nitrogens is 4. The van der Waals surface area contributed by atoms with E-state index in [1.165, 1.54) is 9.13 Å². The van der Waals surface area contributed by atoms with Gasteiger partial charge in [-0.3, -0.25) is 9.36 Å². The highest BCUT2D eigenvalue weighted by Crippen LogP contribution is 2.18. The first-order chi connectivity index (χ1) is 16.0. The summed E-state index contributed by atoms with van der Waals surface area (Å²) in [5.41, 5.74) is 3.41. The van der Waals surface area contributed by atoms with Crippen LogP contribution in [0.2, 0.25) is 5.02 Å². The molecule has 0 aliphatic heterocycles. The van der Waals surface area contributed by atoms with E-state index in [9.17, 15) is 9.59 Å². The van der Waals surface area contributed by atoms with E-state index < -0.39 is 5.69 Å². The van der Waals surface area contributed by atoms with Gasteiger partial charge >= 0.3 is 5.69 Å². The van der Waals surface area contributed by atoms with Crippen molar-refractivity contribution >= 4 is 22.8 Å². The molecule has 2 aromatic heterocycles. The van der Waals surface area contributed by atoms with Crippen LogP contribution in [0.4, 0.5) is 0 Å². The molecule has 2 heterocycles. The molecule has 7 heteroatoms. The molecule has 0 aliphatic carbocycles. The molecular formula is C26H21ClN4O2. The average Bonchev–Trinajstić information content (AvgIpc) is 3.22. The SMILES string of the molecule is Cc1ccc(Cn2c(=O)c3c(ncn3Cc3ccccc3)n(-c3cccc(Cl)c3)c2=O)cc1. The maximum atomic E-state index is 13.6. The molecule has 0 saturated heterocycles. The van der Waals surface area contributed by atoms with E-state index >= 15 is 0 Å². The van der Waals surface area contributed by atoms with Crippen molar-refractivity contribution in [3.8, 4) is 5.69 Å². The van der Waals surface area contributed by atoms with E-state index in [0.29, 0.717) is 28.4 Å². The summed E-state index contributed by atoms with van der Waals surface area (Å²) in [6, 6.07) is 24.6.